The number of hydrogen-bond donors (Lipinski definition) is 2. The second-order valence-corrected chi connectivity index (χ2v) is 5.19. The molecule has 0 saturated carbocycles. The Kier molecular flexibility index (Phi) is 5.06. The molecule has 0 saturated heterocycles. The van der Waals surface area contributed by atoms with Crippen LogP contribution in [0.15, 0.2) is 29.9 Å². The molecule has 0 aliphatic rings. The van der Waals surface area contributed by atoms with Crippen molar-refractivity contribution in [2.75, 3.05) is 11.9 Å². The highest BCUT2D eigenvalue weighted by Crippen LogP contribution is 2.19. The SMILES string of the molecule is CCNc1cc(C(=O)NC(CC)c2nccs2)ccn1. The van der Waals surface area contributed by atoms with Crippen molar-refractivity contribution >= 4 is 23.1 Å². The number of nitrogens with zero attached hydrogens (tertiary/aromatic N) is 2. The average Bonchev–Trinajstić information content (AvgIpc) is 2.99. The molecule has 2 heterocycles. The van der Waals surface area contributed by atoms with E-state index in [1.807, 2.05) is 19.2 Å². The molecule has 20 heavy (non-hydrogen) atoms. The first-order chi connectivity index (χ1) is 9.74. The zero-order chi connectivity index (χ0) is 14.4. The van der Waals surface area contributed by atoms with Crippen LogP contribution in [0.5, 0.6) is 0 Å². The van der Waals surface area contributed by atoms with Crippen molar-refractivity contribution in [3.63, 3.8) is 0 Å². The smallest absolute Gasteiger partial charge is 0.252 e. The summed E-state index contributed by atoms with van der Waals surface area (Å²) in [5.41, 5.74) is 0.603. The molecule has 0 aromatic carbocycles. The van der Waals surface area contributed by atoms with Gasteiger partial charge in [-0.1, -0.05) is 6.92 Å². The van der Waals surface area contributed by atoms with Crippen molar-refractivity contribution in [2.24, 2.45) is 0 Å². The Morgan fingerprint density at radius 2 is 2.20 bits per heavy atom. The highest BCUT2D eigenvalue weighted by atomic mass is 32.1. The van der Waals surface area contributed by atoms with Crippen molar-refractivity contribution < 1.29 is 4.79 Å². The summed E-state index contributed by atoms with van der Waals surface area (Å²) in [6, 6.07) is 3.43. The lowest BCUT2D eigenvalue weighted by Gasteiger charge is -2.14. The lowest BCUT2D eigenvalue weighted by atomic mass is 10.2. The van der Waals surface area contributed by atoms with Crippen LogP contribution >= 0.6 is 11.3 Å². The maximum Gasteiger partial charge on any atom is 0.252 e. The highest BCUT2D eigenvalue weighted by Gasteiger charge is 2.16. The summed E-state index contributed by atoms with van der Waals surface area (Å²) in [7, 11) is 0. The number of pyridine rings is 1. The van der Waals surface area contributed by atoms with Gasteiger partial charge in [0.05, 0.1) is 6.04 Å². The minimum absolute atomic E-state index is 0.0433. The van der Waals surface area contributed by atoms with Crippen LogP contribution in [0.3, 0.4) is 0 Å². The van der Waals surface area contributed by atoms with Gasteiger partial charge in [-0.2, -0.15) is 0 Å². The molecule has 1 unspecified atom stereocenters. The average molecular weight is 290 g/mol. The van der Waals surface area contributed by atoms with Gasteiger partial charge < -0.3 is 10.6 Å². The van der Waals surface area contributed by atoms with Gasteiger partial charge in [0, 0.05) is 29.9 Å². The van der Waals surface area contributed by atoms with Gasteiger partial charge in [-0.15, -0.1) is 11.3 Å². The number of aromatic nitrogens is 2. The molecule has 2 aromatic heterocycles. The number of anilines is 1. The molecule has 0 bridgehead atoms. The Labute approximate surface area is 122 Å². The van der Waals surface area contributed by atoms with Crippen molar-refractivity contribution in [1.29, 1.82) is 0 Å². The van der Waals surface area contributed by atoms with E-state index in [0.717, 1.165) is 18.0 Å². The minimum atomic E-state index is -0.103. The lowest BCUT2D eigenvalue weighted by molar-refractivity contribution is 0.0935. The van der Waals surface area contributed by atoms with Gasteiger partial charge in [0.25, 0.3) is 5.91 Å². The highest BCUT2D eigenvalue weighted by molar-refractivity contribution is 7.09. The maximum absolute atomic E-state index is 12.3. The topological polar surface area (TPSA) is 66.9 Å². The lowest BCUT2D eigenvalue weighted by Crippen LogP contribution is -2.28. The Morgan fingerprint density at radius 1 is 1.35 bits per heavy atom. The van der Waals surface area contributed by atoms with Gasteiger partial charge in [-0.05, 0) is 25.5 Å². The number of amides is 1. The summed E-state index contributed by atoms with van der Waals surface area (Å²) in [6.45, 7) is 4.79. The monoisotopic (exact) mass is 290 g/mol. The van der Waals surface area contributed by atoms with E-state index in [0.29, 0.717) is 11.4 Å². The summed E-state index contributed by atoms with van der Waals surface area (Å²) < 4.78 is 0. The summed E-state index contributed by atoms with van der Waals surface area (Å²) in [6.07, 6.45) is 4.20. The summed E-state index contributed by atoms with van der Waals surface area (Å²) in [5, 5.41) is 8.95. The van der Waals surface area contributed by atoms with E-state index in [1.165, 1.54) is 0 Å². The van der Waals surface area contributed by atoms with Crippen LogP contribution in [-0.2, 0) is 0 Å². The maximum atomic E-state index is 12.3. The van der Waals surface area contributed by atoms with Gasteiger partial charge in [0.1, 0.15) is 10.8 Å². The Hall–Kier alpha value is -1.95. The third-order valence-corrected chi connectivity index (χ3v) is 3.73. The zero-order valence-corrected chi connectivity index (χ0v) is 12.4. The number of nitrogens with one attached hydrogen (secondary N) is 2. The third-order valence-electron chi connectivity index (χ3n) is 2.84. The fraction of sp³-hybridized carbons (Fsp3) is 0.357. The molecule has 6 heteroatoms. The summed E-state index contributed by atoms with van der Waals surface area (Å²) in [5.74, 6) is 0.607. The first-order valence-corrected chi connectivity index (χ1v) is 7.52. The van der Waals surface area contributed by atoms with E-state index >= 15 is 0 Å². The van der Waals surface area contributed by atoms with Crippen LogP contribution in [0.25, 0.3) is 0 Å². The predicted octanol–water partition coefficient (Wildman–Crippen LogP) is 2.85. The number of thiazole rings is 1. The van der Waals surface area contributed by atoms with Gasteiger partial charge in [0.2, 0.25) is 0 Å². The van der Waals surface area contributed by atoms with Crippen molar-refractivity contribution in [1.82, 2.24) is 15.3 Å². The molecule has 2 N–H and O–H groups in total. The van der Waals surface area contributed by atoms with Crippen molar-refractivity contribution in [2.45, 2.75) is 26.3 Å². The Balaban J connectivity index is 2.09. The number of carbonyl (C=O) groups excluding carboxylic acids is 1. The quantitative estimate of drug-likeness (QED) is 0.858. The van der Waals surface area contributed by atoms with E-state index < -0.39 is 0 Å². The fourth-order valence-corrected chi connectivity index (χ4v) is 2.61. The molecule has 0 spiro atoms. The molecule has 0 aliphatic heterocycles. The fourth-order valence-electron chi connectivity index (χ4n) is 1.84. The predicted molar refractivity (Wildman–Crippen MR) is 81.0 cm³/mol. The minimum Gasteiger partial charge on any atom is -0.370 e. The Morgan fingerprint density at radius 3 is 2.85 bits per heavy atom. The van der Waals surface area contributed by atoms with Gasteiger partial charge in [-0.3, -0.25) is 4.79 Å². The van der Waals surface area contributed by atoms with E-state index in [2.05, 4.69) is 20.6 Å². The molecule has 2 rings (SSSR count). The first kappa shape index (κ1) is 14.5. The molecule has 106 valence electrons. The van der Waals surface area contributed by atoms with Gasteiger partial charge >= 0.3 is 0 Å². The standard InChI is InChI=1S/C14H18N4OS/c1-3-11(14-17-7-8-20-14)18-13(19)10-5-6-16-12(9-10)15-4-2/h5-9,11H,3-4H2,1-2H3,(H,15,16)(H,18,19). The van der Waals surface area contributed by atoms with E-state index in [4.69, 9.17) is 0 Å². The largest absolute Gasteiger partial charge is 0.370 e. The Bertz CT molecular complexity index is 556. The van der Waals surface area contributed by atoms with Crippen molar-refractivity contribution in [3.05, 3.63) is 40.5 Å². The molecule has 5 nitrogen and oxygen atoms in total. The van der Waals surface area contributed by atoms with E-state index in [1.54, 1.807) is 35.9 Å². The van der Waals surface area contributed by atoms with Crippen LogP contribution in [0.2, 0.25) is 0 Å². The number of carbonyl (C=O) groups is 1. The molecular weight excluding hydrogens is 272 g/mol. The third kappa shape index (κ3) is 3.54. The molecule has 2 aromatic rings. The molecular formula is C14H18N4OS. The van der Waals surface area contributed by atoms with Crippen molar-refractivity contribution in [3.8, 4) is 0 Å². The van der Waals surface area contributed by atoms with Crippen LogP contribution < -0.4 is 10.6 Å². The molecule has 1 atom stereocenters. The van der Waals surface area contributed by atoms with Crippen LogP contribution in [0.4, 0.5) is 5.82 Å². The second-order valence-electron chi connectivity index (χ2n) is 4.26. The van der Waals surface area contributed by atoms with Crippen LogP contribution in [-0.4, -0.2) is 22.4 Å². The molecule has 1 amide bonds. The van der Waals surface area contributed by atoms with E-state index in [9.17, 15) is 4.79 Å². The van der Waals surface area contributed by atoms with Crippen LogP contribution in [0.1, 0.15) is 41.7 Å². The molecule has 0 fully saturated rings. The van der Waals surface area contributed by atoms with E-state index in [-0.39, 0.29) is 11.9 Å². The summed E-state index contributed by atoms with van der Waals surface area (Å²) >= 11 is 1.55. The normalized spacial score (nSPS) is 11.9. The number of hydrogen-bond acceptors (Lipinski definition) is 5. The molecule has 0 radical (unpaired) electrons. The summed E-state index contributed by atoms with van der Waals surface area (Å²) in [4.78, 5) is 20.7. The van der Waals surface area contributed by atoms with Gasteiger partial charge in [0.15, 0.2) is 0 Å². The second kappa shape index (κ2) is 7.00. The van der Waals surface area contributed by atoms with Gasteiger partial charge in [-0.25, -0.2) is 9.97 Å². The first-order valence-electron chi connectivity index (χ1n) is 6.64. The van der Waals surface area contributed by atoms with Crippen LogP contribution in [0, 0.1) is 0 Å². The zero-order valence-electron chi connectivity index (χ0n) is 11.6. The molecule has 0 aliphatic carbocycles. The number of rotatable bonds is 6.